The molecule has 18 heavy (non-hydrogen) atoms. The number of aryl methyl sites for hydroxylation is 2. The Kier molecular flexibility index (Phi) is 4.25. The Hall–Kier alpha value is -1.06. The molecule has 0 amide bonds. The molecule has 1 fully saturated rings. The van der Waals surface area contributed by atoms with E-state index in [2.05, 4.69) is 37.9 Å². The molecule has 1 aliphatic heterocycles. The lowest BCUT2D eigenvalue weighted by Crippen LogP contribution is -2.48. The zero-order valence-electron chi connectivity index (χ0n) is 11.8. The normalized spacial score (nSPS) is 25.1. The van der Waals surface area contributed by atoms with Crippen LogP contribution in [0.1, 0.15) is 17.5 Å². The van der Waals surface area contributed by atoms with E-state index >= 15 is 0 Å². The predicted octanol–water partition coefficient (Wildman–Crippen LogP) is 2.40. The van der Waals surface area contributed by atoms with E-state index in [9.17, 15) is 0 Å². The number of methoxy groups -OCH3 is 1. The van der Waals surface area contributed by atoms with Crippen LogP contribution in [0.25, 0.3) is 0 Å². The first kappa shape index (κ1) is 13.4. The van der Waals surface area contributed by atoms with Crippen molar-refractivity contribution in [3.8, 4) is 5.75 Å². The standard InChI is InChI=1S/C15H23NO2/c1-11-5-6-13(9-12(11)2)18-14-7-8-16(3)10-15(14)17-4/h5-6,9,14-15H,7-8,10H2,1-4H3. The quantitative estimate of drug-likeness (QED) is 0.821. The highest BCUT2D eigenvalue weighted by atomic mass is 16.5. The summed E-state index contributed by atoms with van der Waals surface area (Å²) in [6.07, 6.45) is 1.33. The molecule has 3 heteroatoms. The second-order valence-corrected chi connectivity index (χ2v) is 5.23. The van der Waals surface area contributed by atoms with Gasteiger partial charge in [0.25, 0.3) is 0 Å². The Morgan fingerprint density at radius 3 is 2.61 bits per heavy atom. The van der Waals surface area contributed by atoms with E-state index in [4.69, 9.17) is 9.47 Å². The fourth-order valence-electron chi connectivity index (χ4n) is 2.37. The van der Waals surface area contributed by atoms with E-state index in [-0.39, 0.29) is 12.2 Å². The summed E-state index contributed by atoms with van der Waals surface area (Å²) in [5.41, 5.74) is 2.57. The Morgan fingerprint density at radius 1 is 1.17 bits per heavy atom. The van der Waals surface area contributed by atoms with Crippen molar-refractivity contribution in [1.29, 1.82) is 0 Å². The van der Waals surface area contributed by atoms with E-state index in [1.54, 1.807) is 7.11 Å². The molecule has 0 spiro atoms. The summed E-state index contributed by atoms with van der Waals surface area (Å²) in [6, 6.07) is 6.27. The van der Waals surface area contributed by atoms with Crippen LogP contribution in [0.15, 0.2) is 18.2 Å². The molecule has 0 radical (unpaired) electrons. The minimum Gasteiger partial charge on any atom is -0.488 e. The van der Waals surface area contributed by atoms with Gasteiger partial charge < -0.3 is 14.4 Å². The molecule has 1 saturated heterocycles. The first-order chi connectivity index (χ1) is 8.60. The molecule has 0 aliphatic carbocycles. The third-order valence-electron chi connectivity index (χ3n) is 3.77. The smallest absolute Gasteiger partial charge is 0.127 e. The fourth-order valence-corrected chi connectivity index (χ4v) is 2.37. The summed E-state index contributed by atoms with van der Waals surface area (Å²) in [6.45, 7) is 6.23. The van der Waals surface area contributed by atoms with Crippen molar-refractivity contribution in [2.45, 2.75) is 32.5 Å². The van der Waals surface area contributed by atoms with Crippen LogP contribution in [-0.4, -0.2) is 44.4 Å². The van der Waals surface area contributed by atoms with E-state index in [0.29, 0.717) is 0 Å². The molecule has 1 aliphatic rings. The van der Waals surface area contributed by atoms with Crippen LogP contribution in [0, 0.1) is 13.8 Å². The molecule has 1 aromatic rings. The summed E-state index contributed by atoms with van der Waals surface area (Å²) in [4.78, 5) is 2.29. The highest BCUT2D eigenvalue weighted by molar-refractivity contribution is 5.34. The molecule has 1 aromatic carbocycles. The minimum absolute atomic E-state index is 0.158. The van der Waals surface area contributed by atoms with E-state index < -0.39 is 0 Å². The van der Waals surface area contributed by atoms with Crippen molar-refractivity contribution in [1.82, 2.24) is 4.90 Å². The maximum atomic E-state index is 6.09. The second kappa shape index (κ2) is 5.72. The van der Waals surface area contributed by atoms with Crippen LogP contribution in [0.5, 0.6) is 5.75 Å². The zero-order valence-corrected chi connectivity index (χ0v) is 11.8. The number of benzene rings is 1. The maximum absolute atomic E-state index is 6.09. The molecule has 3 nitrogen and oxygen atoms in total. The molecule has 0 bridgehead atoms. The Morgan fingerprint density at radius 2 is 1.94 bits per heavy atom. The van der Waals surface area contributed by atoms with Gasteiger partial charge in [0.1, 0.15) is 18.0 Å². The predicted molar refractivity (Wildman–Crippen MR) is 73.2 cm³/mol. The first-order valence-corrected chi connectivity index (χ1v) is 6.55. The number of ether oxygens (including phenoxy) is 2. The molecular weight excluding hydrogens is 226 g/mol. The summed E-state index contributed by atoms with van der Waals surface area (Å²) in [5.74, 6) is 0.953. The molecule has 0 N–H and O–H groups in total. The van der Waals surface area contributed by atoms with Crippen LogP contribution in [0.3, 0.4) is 0 Å². The number of hydrogen-bond acceptors (Lipinski definition) is 3. The number of piperidine rings is 1. The molecule has 100 valence electrons. The summed E-state index contributed by atoms with van der Waals surface area (Å²) < 4.78 is 11.6. The van der Waals surface area contributed by atoms with Gasteiger partial charge in [0.2, 0.25) is 0 Å². The van der Waals surface area contributed by atoms with Crippen LogP contribution < -0.4 is 4.74 Å². The van der Waals surface area contributed by atoms with E-state index in [0.717, 1.165) is 25.3 Å². The van der Waals surface area contributed by atoms with Gasteiger partial charge in [-0.1, -0.05) is 6.07 Å². The minimum atomic E-state index is 0.158. The Balaban J connectivity index is 2.05. The topological polar surface area (TPSA) is 21.7 Å². The van der Waals surface area contributed by atoms with Gasteiger partial charge >= 0.3 is 0 Å². The lowest BCUT2D eigenvalue weighted by Gasteiger charge is -2.35. The summed E-state index contributed by atoms with van der Waals surface area (Å²) in [5, 5.41) is 0. The maximum Gasteiger partial charge on any atom is 0.127 e. The van der Waals surface area contributed by atoms with Gasteiger partial charge in [-0.25, -0.2) is 0 Å². The number of nitrogens with zero attached hydrogens (tertiary/aromatic N) is 1. The third-order valence-corrected chi connectivity index (χ3v) is 3.77. The fraction of sp³-hybridized carbons (Fsp3) is 0.600. The number of rotatable bonds is 3. The molecule has 2 rings (SSSR count). The number of likely N-dealkylation sites (N-methyl/N-ethyl adjacent to an activating group) is 1. The molecule has 0 saturated carbocycles. The van der Waals surface area contributed by atoms with Gasteiger partial charge in [0.05, 0.1) is 0 Å². The van der Waals surface area contributed by atoms with Gasteiger partial charge in [-0.15, -0.1) is 0 Å². The van der Waals surface area contributed by atoms with Crippen molar-refractivity contribution < 1.29 is 9.47 Å². The van der Waals surface area contributed by atoms with Crippen molar-refractivity contribution in [3.05, 3.63) is 29.3 Å². The van der Waals surface area contributed by atoms with Crippen molar-refractivity contribution in [2.75, 3.05) is 27.2 Å². The van der Waals surface area contributed by atoms with Crippen molar-refractivity contribution >= 4 is 0 Å². The number of likely N-dealkylation sites (tertiary alicyclic amines) is 1. The first-order valence-electron chi connectivity index (χ1n) is 6.55. The zero-order chi connectivity index (χ0) is 13.1. The van der Waals surface area contributed by atoms with Gasteiger partial charge in [0, 0.05) is 20.2 Å². The summed E-state index contributed by atoms with van der Waals surface area (Å²) in [7, 11) is 3.89. The lowest BCUT2D eigenvalue weighted by atomic mass is 10.0. The molecular formula is C15H23NO2. The molecule has 0 aromatic heterocycles. The second-order valence-electron chi connectivity index (χ2n) is 5.23. The highest BCUT2D eigenvalue weighted by Crippen LogP contribution is 2.22. The number of hydrogen-bond donors (Lipinski definition) is 0. The average molecular weight is 249 g/mol. The van der Waals surface area contributed by atoms with Gasteiger partial charge in [0.15, 0.2) is 0 Å². The van der Waals surface area contributed by atoms with Crippen LogP contribution in [-0.2, 0) is 4.74 Å². The monoisotopic (exact) mass is 249 g/mol. The molecule has 2 unspecified atom stereocenters. The van der Waals surface area contributed by atoms with Crippen molar-refractivity contribution in [2.24, 2.45) is 0 Å². The third kappa shape index (κ3) is 3.03. The Labute approximate surface area is 110 Å². The van der Waals surface area contributed by atoms with E-state index in [1.807, 2.05) is 6.07 Å². The molecule has 2 atom stereocenters. The van der Waals surface area contributed by atoms with Crippen LogP contribution in [0.2, 0.25) is 0 Å². The van der Waals surface area contributed by atoms with Gasteiger partial charge in [-0.2, -0.15) is 0 Å². The Bertz CT molecular complexity index is 405. The van der Waals surface area contributed by atoms with Crippen LogP contribution in [0.4, 0.5) is 0 Å². The van der Waals surface area contributed by atoms with E-state index in [1.165, 1.54) is 11.1 Å². The van der Waals surface area contributed by atoms with Gasteiger partial charge in [-0.3, -0.25) is 0 Å². The molecule has 1 heterocycles. The average Bonchev–Trinajstić information content (AvgIpc) is 2.36. The van der Waals surface area contributed by atoms with Crippen molar-refractivity contribution in [3.63, 3.8) is 0 Å². The highest BCUT2D eigenvalue weighted by Gasteiger charge is 2.29. The SMILES string of the molecule is COC1CN(C)CCC1Oc1ccc(C)c(C)c1. The van der Waals surface area contributed by atoms with Gasteiger partial charge in [-0.05, 0) is 50.6 Å². The largest absolute Gasteiger partial charge is 0.488 e. The summed E-state index contributed by atoms with van der Waals surface area (Å²) >= 11 is 0. The lowest BCUT2D eigenvalue weighted by molar-refractivity contribution is -0.0435. The van der Waals surface area contributed by atoms with Crippen LogP contribution >= 0.6 is 0 Å².